The Bertz CT molecular complexity index is 413. The third-order valence-corrected chi connectivity index (χ3v) is 3.76. The Morgan fingerprint density at radius 2 is 2.17 bits per heavy atom. The van der Waals surface area contributed by atoms with E-state index < -0.39 is 0 Å². The minimum atomic E-state index is -0.0600. The van der Waals surface area contributed by atoms with E-state index >= 15 is 0 Å². The lowest BCUT2D eigenvalue weighted by molar-refractivity contribution is -0.127. The van der Waals surface area contributed by atoms with Gasteiger partial charge in [0.2, 0.25) is 5.91 Å². The van der Waals surface area contributed by atoms with Gasteiger partial charge in [0.1, 0.15) is 0 Å². The molecule has 0 saturated heterocycles. The van der Waals surface area contributed by atoms with E-state index in [1.54, 1.807) is 7.11 Å². The van der Waals surface area contributed by atoms with Crippen molar-refractivity contribution in [2.45, 2.75) is 32.3 Å². The quantitative estimate of drug-likeness (QED) is 0.868. The van der Waals surface area contributed by atoms with Gasteiger partial charge in [-0.2, -0.15) is 0 Å². The summed E-state index contributed by atoms with van der Waals surface area (Å²) in [4.78, 5) is 11.8. The molecule has 0 aliphatic heterocycles. The zero-order chi connectivity index (χ0) is 13.0. The summed E-state index contributed by atoms with van der Waals surface area (Å²) in [5.41, 5.74) is 2.34. The van der Waals surface area contributed by atoms with E-state index in [9.17, 15) is 4.79 Å². The van der Waals surface area contributed by atoms with Crippen LogP contribution in [0.1, 0.15) is 36.5 Å². The second-order valence-corrected chi connectivity index (χ2v) is 4.95. The maximum Gasteiger partial charge on any atom is 0.223 e. The summed E-state index contributed by atoms with van der Waals surface area (Å²) < 4.78 is 5.48. The second-order valence-electron chi connectivity index (χ2n) is 4.95. The molecule has 3 nitrogen and oxygen atoms in total. The van der Waals surface area contributed by atoms with Gasteiger partial charge in [-0.15, -0.1) is 0 Å². The summed E-state index contributed by atoms with van der Waals surface area (Å²) in [7, 11) is 1.69. The van der Waals surface area contributed by atoms with Gasteiger partial charge in [0.15, 0.2) is 0 Å². The molecule has 1 N–H and O–H groups in total. The average Bonchev–Trinajstić information content (AvgIpc) is 2.29. The molecule has 1 aliphatic rings. The minimum absolute atomic E-state index is 0.0600. The molecular weight excluding hydrogens is 226 g/mol. The fraction of sp³-hybridized carbons (Fsp3) is 0.533. The Morgan fingerprint density at radius 1 is 1.44 bits per heavy atom. The van der Waals surface area contributed by atoms with Crippen LogP contribution in [-0.2, 0) is 9.53 Å². The molecule has 1 amide bonds. The maximum absolute atomic E-state index is 11.8. The van der Waals surface area contributed by atoms with Gasteiger partial charge in [-0.3, -0.25) is 4.79 Å². The van der Waals surface area contributed by atoms with Crippen molar-refractivity contribution in [1.29, 1.82) is 0 Å². The number of carbonyl (C=O) groups is 1. The number of nitrogens with one attached hydrogen (secondary N) is 1. The SMILES string of the molecule is CO[C@@H](CNC(=O)C1CCC1)c1ccccc1C. The summed E-state index contributed by atoms with van der Waals surface area (Å²) in [6.07, 6.45) is 3.20. The number of methoxy groups -OCH3 is 1. The van der Waals surface area contributed by atoms with Crippen LogP contribution in [0.5, 0.6) is 0 Å². The molecular formula is C15H21NO2. The molecule has 0 heterocycles. The van der Waals surface area contributed by atoms with E-state index in [0.717, 1.165) is 18.4 Å². The van der Waals surface area contributed by atoms with E-state index in [0.29, 0.717) is 6.54 Å². The number of benzene rings is 1. The minimum Gasteiger partial charge on any atom is -0.375 e. The molecule has 0 radical (unpaired) electrons. The molecule has 1 aromatic carbocycles. The van der Waals surface area contributed by atoms with Crippen molar-refractivity contribution in [3.05, 3.63) is 35.4 Å². The van der Waals surface area contributed by atoms with Crippen LogP contribution in [-0.4, -0.2) is 19.6 Å². The first-order chi connectivity index (χ1) is 8.72. The van der Waals surface area contributed by atoms with Crippen molar-refractivity contribution in [2.24, 2.45) is 5.92 Å². The molecule has 0 bridgehead atoms. The van der Waals surface area contributed by atoms with Crippen LogP contribution in [0.4, 0.5) is 0 Å². The Kier molecular flexibility index (Phi) is 4.37. The molecule has 18 heavy (non-hydrogen) atoms. The van der Waals surface area contributed by atoms with Gasteiger partial charge in [-0.1, -0.05) is 30.7 Å². The van der Waals surface area contributed by atoms with Crippen LogP contribution < -0.4 is 5.32 Å². The first kappa shape index (κ1) is 13.1. The number of amides is 1. The fourth-order valence-electron chi connectivity index (χ4n) is 2.28. The lowest BCUT2D eigenvalue weighted by Gasteiger charge is -2.25. The van der Waals surface area contributed by atoms with Gasteiger partial charge in [0.05, 0.1) is 6.10 Å². The van der Waals surface area contributed by atoms with Crippen LogP contribution in [0.3, 0.4) is 0 Å². The van der Waals surface area contributed by atoms with E-state index in [1.807, 2.05) is 12.1 Å². The topological polar surface area (TPSA) is 38.3 Å². The fourth-order valence-corrected chi connectivity index (χ4v) is 2.28. The van der Waals surface area contributed by atoms with Gasteiger partial charge >= 0.3 is 0 Å². The molecule has 0 aromatic heterocycles. The molecule has 0 unspecified atom stereocenters. The predicted molar refractivity (Wildman–Crippen MR) is 71.3 cm³/mol. The van der Waals surface area contributed by atoms with Crippen molar-refractivity contribution in [2.75, 3.05) is 13.7 Å². The van der Waals surface area contributed by atoms with E-state index in [2.05, 4.69) is 24.4 Å². The maximum atomic E-state index is 11.8. The third kappa shape index (κ3) is 2.91. The van der Waals surface area contributed by atoms with Gasteiger partial charge in [-0.05, 0) is 30.9 Å². The second kappa shape index (κ2) is 6.01. The summed E-state index contributed by atoms with van der Waals surface area (Å²) >= 11 is 0. The van der Waals surface area contributed by atoms with Gasteiger partial charge in [0, 0.05) is 19.6 Å². The largest absolute Gasteiger partial charge is 0.375 e. The zero-order valence-corrected chi connectivity index (χ0v) is 11.1. The molecule has 3 heteroatoms. The van der Waals surface area contributed by atoms with Crippen LogP contribution in [0.25, 0.3) is 0 Å². The van der Waals surface area contributed by atoms with E-state index in [4.69, 9.17) is 4.74 Å². The van der Waals surface area contributed by atoms with Crippen molar-refractivity contribution in [3.63, 3.8) is 0 Å². The zero-order valence-electron chi connectivity index (χ0n) is 11.1. The molecule has 1 aliphatic carbocycles. The standard InChI is InChI=1S/C15H21NO2/c1-11-6-3-4-9-13(11)14(18-2)10-16-15(17)12-7-5-8-12/h3-4,6,9,12,14H,5,7-8,10H2,1-2H3,(H,16,17)/t14-/m0/s1. The highest BCUT2D eigenvalue weighted by Gasteiger charge is 2.25. The average molecular weight is 247 g/mol. The lowest BCUT2D eigenvalue weighted by Crippen LogP contribution is -2.37. The summed E-state index contributed by atoms with van der Waals surface area (Å²) in [5, 5.41) is 3.00. The smallest absolute Gasteiger partial charge is 0.223 e. The molecule has 1 aromatic rings. The molecule has 1 atom stereocenters. The lowest BCUT2D eigenvalue weighted by atomic mass is 9.85. The first-order valence-corrected chi connectivity index (χ1v) is 6.58. The Morgan fingerprint density at radius 3 is 2.72 bits per heavy atom. The summed E-state index contributed by atoms with van der Waals surface area (Å²) in [5.74, 6) is 0.413. The van der Waals surface area contributed by atoms with Crippen LogP contribution >= 0.6 is 0 Å². The summed E-state index contributed by atoms with van der Waals surface area (Å²) in [6.45, 7) is 2.62. The normalized spacial score (nSPS) is 17.0. The number of aryl methyl sites for hydroxylation is 1. The highest BCUT2D eigenvalue weighted by Crippen LogP contribution is 2.26. The monoisotopic (exact) mass is 247 g/mol. The third-order valence-electron chi connectivity index (χ3n) is 3.76. The van der Waals surface area contributed by atoms with Crippen LogP contribution in [0, 0.1) is 12.8 Å². The number of carbonyl (C=O) groups excluding carboxylic acids is 1. The number of rotatable bonds is 5. The number of hydrogen-bond donors (Lipinski definition) is 1. The molecule has 2 rings (SSSR count). The highest BCUT2D eigenvalue weighted by molar-refractivity contribution is 5.79. The molecule has 0 spiro atoms. The molecule has 1 saturated carbocycles. The van der Waals surface area contributed by atoms with E-state index in [1.165, 1.54) is 12.0 Å². The van der Waals surface area contributed by atoms with Gasteiger partial charge in [0.25, 0.3) is 0 Å². The highest BCUT2D eigenvalue weighted by atomic mass is 16.5. The van der Waals surface area contributed by atoms with Gasteiger partial charge in [-0.25, -0.2) is 0 Å². The van der Waals surface area contributed by atoms with Gasteiger partial charge < -0.3 is 10.1 Å². The van der Waals surface area contributed by atoms with Crippen molar-refractivity contribution in [3.8, 4) is 0 Å². The Labute approximate surface area is 109 Å². The van der Waals surface area contributed by atoms with Crippen LogP contribution in [0.15, 0.2) is 24.3 Å². The van der Waals surface area contributed by atoms with Crippen molar-refractivity contribution < 1.29 is 9.53 Å². The first-order valence-electron chi connectivity index (χ1n) is 6.58. The van der Waals surface area contributed by atoms with Crippen LogP contribution in [0.2, 0.25) is 0 Å². The Hall–Kier alpha value is -1.35. The predicted octanol–water partition coefficient (Wildman–Crippen LogP) is 2.60. The summed E-state index contributed by atoms with van der Waals surface area (Å²) in [6, 6.07) is 8.13. The Balaban J connectivity index is 1.93. The number of hydrogen-bond acceptors (Lipinski definition) is 2. The number of ether oxygens (including phenoxy) is 1. The van der Waals surface area contributed by atoms with Crippen molar-refractivity contribution >= 4 is 5.91 Å². The van der Waals surface area contributed by atoms with E-state index in [-0.39, 0.29) is 17.9 Å². The molecule has 1 fully saturated rings. The van der Waals surface area contributed by atoms with Crippen molar-refractivity contribution in [1.82, 2.24) is 5.32 Å². The molecule has 98 valence electrons.